The molecule has 0 spiro atoms. The van der Waals surface area contributed by atoms with Gasteiger partial charge in [-0.1, -0.05) is 6.92 Å². The first-order valence-corrected chi connectivity index (χ1v) is 8.51. The standard InChI is InChI=1S/C14H18N2O4S/c1-8-6-12(8)16-14(17)10-4-5-20-13-3-2-9(7-11(10)13)21(15,18)19/h2-3,7-8,10,12H,4-6H2,1H3,(H,16,17)(H2,15,18,19). The molecule has 7 heteroatoms. The minimum absolute atomic E-state index is 0.00402. The molecule has 0 saturated heterocycles. The van der Waals surface area contributed by atoms with E-state index >= 15 is 0 Å². The number of benzene rings is 1. The van der Waals surface area contributed by atoms with E-state index in [4.69, 9.17) is 9.88 Å². The zero-order valence-corrected chi connectivity index (χ0v) is 12.5. The molecule has 1 aliphatic heterocycles. The third-order valence-electron chi connectivity index (χ3n) is 4.10. The van der Waals surface area contributed by atoms with Crippen LogP contribution in [0.4, 0.5) is 0 Å². The molecule has 1 aromatic rings. The van der Waals surface area contributed by atoms with Gasteiger partial charge in [0.2, 0.25) is 15.9 Å². The molecule has 114 valence electrons. The number of ether oxygens (including phenoxy) is 1. The number of fused-ring (bicyclic) bond motifs is 1. The SMILES string of the molecule is CC1CC1NC(=O)C1CCOc2ccc(S(N)(=O)=O)cc21. The first-order chi connectivity index (χ1) is 9.86. The smallest absolute Gasteiger partial charge is 0.238 e. The third-order valence-corrected chi connectivity index (χ3v) is 5.01. The molecule has 2 aliphatic rings. The van der Waals surface area contributed by atoms with Crippen molar-refractivity contribution >= 4 is 15.9 Å². The fourth-order valence-electron chi connectivity index (χ4n) is 2.63. The fourth-order valence-corrected chi connectivity index (χ4v) is 3.18. The second-order valence-corrected chi connectivity index (χ2v) is 7.32. The summed E-state index contributed by atoms with van der Waals surface area (Å²) in [5.74, 6) is 0.616. The summed E-state index contributed by atoms with van der Waals surface area (Å²) in [5.41, 5.74) is 0.596. The van der Waals surface area contributed by atoms with Gasteiger partial charge in [0, 0.05) is 11.6 Å². The highest BCUT2D eigenvalue weighted by Crippen LogP contribution is 2.36. The molecular formula is C14H18N2O4S. The second kappa shape index (κ2) is 4.99. The summed E-state index contributed by atoms with van der Waals surface area (Å²) in [5, 5.41) is 8.15. The van der Waals surface area contributed by atoms with E-state index in [0.29, 0.717) is 30.3 Å². The van der Waals surface area contributed by atoms with E-state index in [2.05, 4.69) is 12.2 Å². The van der Waals surface area contributed by atoms with Crippen molar-refractivity contribution in [3.05, 3.63) is 23.8 Å². The van der Waals surface area contributed by atoms with Crippen LogP contribution >= 0.6 is 0 Å². The Balaban J connectivity index is 1.90. The Labute approximate surface area is 123 Å². The molecule has 21 heavy (non-hydrogen) atoms. The van der Waals surface area contributed by atoms with Gasteiger partial charge in [0.1, 0.15) is 5.75 Å². The van der Waals surface area contributed by atoms with E-state index in [1.165, 1.54) is 12.1 Å². The largest absolute Gasteiger partial charge is 0.493 e. The van der Waals surface area contributed by atoms with Crippen molar-refractivity contribution in [2.24, 2.45) is 11.1 Å². The predicted molar refractivity (Wildman–Crippen MR) is 76.4 cm³/mol. The number of rotatable bonds is 3. The van der Waals surface area contributed by atoms with Crippen molar-refractivity contribution in [1.82, 2.24) is 5.32 Å². The van der Waals surface area contributed by atoms with E-state index in [-0.39, 0.29) is 22.8 Å². The minimum Gasteiger partial charge on any atom is -0.493 e. The molecule has 3 rings (SSSR count). The maximum Gasteiger partial charge on any atom is 0.238 e. The molecule has 0 bridgehead atoms. The summed E-state index contributed by atoms with van der Waals surface area (Å²) in [6, 6.07) is 4.65. The van der Waals surface area contributed by atoms with Crippen molar-refractivity contribution in [3.63, 3.8) is 0 Å². The van der Waals surface area contributed by atoms with Crippen LogP contribution in [0.15, 0.2) is 23.1 Å². The van der Waals surface area contributed by atoms with Gasteiger partial charge in [-0.15, -0.1) is 0 Å². The predicted octanol–water partition coefficient (Wildman–Crippen LogP) is 0.725. The molecule has 3 N–H and O–H groups in total. The van der Waals surface area contributed by atoms with Crippen molar-refractivity contribution in [2.45, 2.75) is 36.6 Å². The average molecular weight is 310 g/mol. The molecule has 1 fully saturated rings. The minimum atomic E-state index is -3.79. The zero-order chi connectivity index (χ0) is 15.2. The molecule has 1 amide bonds. The van der Waals surface area contributed by atoms with Gasteiger partial charge in [-0.3, -0.25) is 4.79 Å². The maximum absolute atomic E-state index is 12.4. The molecule has 1 saturated carbocycles. The van der Waals surface area contributed by atoms with Crippen LogP contribution in [0.5, 0.6) is 5.75 Å². The highest BCUT2D eigenvalue weighted by Gasteiger charge is 2.37. The summed E-state index contributed by atoms with van der Waals surface area (Å²) >= 11 is 0. The second-order valence-electron chi connectivity index (χ2n) is 5.76. The highest BCUT2D eigenvalue weighted by atomic mass is 32.2. The van der Waals surface area contributed by atoms with Gasteiger partial charge in [0.05, 0.1) is 17.4 Å². The number of hydrogen-bond donors (Lipinski definition) is 2. The van der Waals surface area contributed by atoms with Crippen LogP contribution in [0.3, 0.4) is 0 Å². The Morgan fingerprint density at radius 2 is 2.14 bits per heavy atom. The molecular weight excluding hydrogens is 292 g/mol. The van der Waals surface area contributed by atoms with Crippen molar-refractivity contribution in [2.75, 3.05) is 6.61 Å². The number of carbonyl (C=O) groups is 1. The van der Waals surface area contributed by atoms with Crippen LogP contribution in [-0.4, -0.2) is 27.0 Å². The number of primary sulfonamides is 1. The average Bonchev–Trinajstić information content (AvgIpc) is 3.11. The number of sulfonamides is 1. The third kappa shape index (κ3) is 2.89. The van der Waals surface area contributed by atoms with Crippen molar-refractivity contribution in [3.8, 4) is 5.75 Å². The molecule has 1 aliphatic carbocycles. The molecule has 0 aromatic heterocycles. The summed E-state index contributed by atoms with van der Waals surface area (Å²) in [4.78, 5) is 12.4. The molecule has 6 nitrogen and oxygen atoms in total. The lowest BCUT2D eigenvalue weighted by Gasteiger charge is -2.25. The van der Waals surface area contributed by atoms with E-state index in [0.717, 1.165) is 6.42 Å². The Morgan fingerprint density at radius 3 is 2.76 bits per heavy atom. The molecule has 0 radical (unpaired) electrons. The van der Waals surface area contributed by atoms with Crippen LogP contribution in [0, 0.1) is 5.92 Å². The van der Waals surface area contributed by atoms with Gasteiger partial charge >= 0.3 is 0 Å². The molecule has 1 heterocycles. The number of nitrogens with one attached hydrogen (secondary N) is 1. The van der Waals surface area contributed by atoms with Gasteiger partial charge in [0.15, 0.2) is 0 Å². The monoisotopic (exact) mass is 310 g/mol. The molecule has 1 aromatic carbocycles. The van der Waals surface area contributed by atoms with Gasteiger partial charge in [-0.05, 0) is 37.0 Å². The lowest BCUT2D eigenvalue weighted by molar-refractivity contribution is -0.123. The maximum atomic E-state index is 12.4. The first-order valence-electron chi connectivity index (χ1n) is 6.96. The van der Waals surface area contributed by atoms with Crippen LogP contribution in [-0.2, 0) is 14.8 Å². The summed E-state index contributed by atoms with van der Waals surface area (Å²) in [7, 11) is -3.79. The lowest BCUT2D eigenvalue weighted by atomic mass is 9.92. The van der Waals surface area contributed by atoms with Crippen molar-refractivity contribution in [1.29, 1.82) is 0 Å². The van der Waals surface area contributed by atoms with E-state index < -0.39 is 10.0 Å². The van der Waals surface area contributed by atoms with Crippen LogP contribution in [0.2, 0.25) is 0 Å². The Hall–Kier alpha value is -1.60. The van der Waals surface area contributed by atoms with Gasteiger partial charge in [0.25, 0.3) is 0 Å². The highest BCUT2D eigenvalue weighted by molar-refractivity contribution is 7.89. The number of hydrogen-bond acceptors (Lipinski definition) is 4. The van der Waals surface area contributed by atoms with Gasteiger partial charge in [-0.25, -0.2) is 13.6 Å². The summed E-state index contributed by atoms with van der Waals surface area (Å²) in [6.07, 6.45) is 1.53. The summed E-state index contributed by atoms with van der Waals surface area (Å²) < 4.78 is 28.4. The Kier molecular flexibility index (Phi) is 3.41. The summed E-state index contributed by atoms with van der Waals surface area (Å²) in [6.45, 7) is 2.53. The normalized spacial score (nSPS) is 27.4. The van der Waals surface area contributed by atoms with Gasteiger partial charge < -0.3 is 10.1 Å². The van der Waals surface area contributed by atoms with E-state index in [9.17, 15) is 13.2 Å². The quantitative estimate of drug-likeness (QED) is 0.859. The fraction of sp³-hybridized carbons (Fsp3) is 0.500. The number of nitrogens with two attached hydrogens (primary N) is 1. The van der Waals surface area contributed by atoms with Gasteiger partial charge in [-0.2, -0.15) is 0 Å². The molecule has 3 unspecified atom stereocenters. The molecule has 3 atom stereocenters. The number of amides is 1. The van der Waals surface area contributed by atoms with E-state index in [1.807, 2.05) is 0 Å². The lowest BCUT2D eigenvalue weighted by Crippen LogP contribution is -2.34. The van der Waals surface area contributed by atoms with Crippen LogP contribution in [0.1, 0.15) is 31.2 Å². The number of carbonyl (C=O) groups excluding carboxylic acids is 1. The Morgan fingerprint density at radius 1 is 1.43 bits per heavy atom. The van der Waals surface area contributed by atoms with Crippen molar-refractivity contribution < 1.29 is 17.9 Å². The zero-order valence-electron chi connectivity index (χ0n) is 11.7. The van der Waals surface area contributed by atoms with E-state index in [1.54, 1.807) is 6.07 Å². The topological polar surface area (TPSA) is 98.5 Å². The van der Waals surface area contributed by atoms with Crippen LogP contribution in [0.25, 0.3) is 0 Å². The first kappa shape index (κ1) is 14.3. The Bertz CT molecular complexity index is 686. The van der Waals surface area contributed by atoms with Crippen LogP contribution < -0.4 is 15.2 Å².